The van der Waals surface area contributed by atoms with Gasteiger partial charge in [0.15, 0.2) is 0 Å². The number of rotatable bonds is 6. The third kappa shape index (κ3) is 5.05. The Morgan fingerprint density at radius 2 is 1.80 bits per heavy atom. The number of amides is 1. The summed E-state index contributed by atoms with van der Waals surface area (Å²) in [5.41, 5.74) is 9.84. The molecular formula is C15H16N2O2Se. The SMILES string of the molecule is Nc1ccc([Se]CC(=O)NOCc2ccccc2)cc1. The van der Waals surface area contributed by atoms with Gasteiger partial charge in [0, 0.05) is 0 Å². The van der Waals surface area contributed by atoms with Crippen molar-refractivity contribution in [3.8, 4) is 0 Å². The Bertz CT molecular complexity index is 544. The normalized spacial score (nSPS) is 10.2. The van der Waals surface area contributed by atoms with Crippen molar-refractivity contribution in [1.82, 2.24) is 5.48 Å². The first-order valence-electron chi connectivity index (χ1n) is 6.17. The first-order valence-corrected chi connectivity index (χ1v) is 8.24. The van der Waals surface area contributed by atoms with Gasteiger partial charge in [0.05, 0.1) is 0 Å². The number of benzene rings is 2. The molecule has 0 fully saturated rings. The maximum atomic E-state index is 11.6. The number of nitrogen functional groups attached to an aromatic ring is 1. The van der Waals surface area contributed by atoms with Gasteiger partial charge in [0.1, 0.15) is 0 Å². The van der Waals surface area contributed by atoms with Crippen LogP contribution in [0.2, 0.25) is 5.32 Å². The van der Waals surface area contributed by atoms with E-state index in [1.807, 2.05) is 54.6 Å². The molecule has 3 N–H and O–H groups in total. The van der Waals surface area contributed by atoms with Crippen LogP contribution in [-0.2, 0) is 16.2 Å². The van der Waals surface area contributed by atoms with Gasteiger partial charge in [0.2, 0.25) is 0 Å². The van der Waals surface area contributed by atoms with Crippen molar-refractivity contribution in [3.05, 3.63) is 60.2 Å². The number of nitrogens with one attached hydrogen (secondary N) is 1. The molecule has 0 aliphatic rings. The molecule has 0 aliphatic carbocycles. The van der Waals surface area contributed by atoms with E-state index in [0.29, 0.717) is 11.9 Å². The van der Waals surface area contributed by atoms with Crippen LogP contribution in [0.1, 0.15) is 5.56 Å². The van der Waals surface area contributed by atoms with Crippen LogP contribution in [0.25, 0.3) is 0 Å². The molecule has 104 valence electrons. The van der Waals surface area contributed by atoms with Crippen molar-refractivity contribution >= 4 is 31.0 Å². The first kappa shape index (κ1) is 14.6. The van der Waals surface area contributed by atoms with Crippen molar-refractivity contribution < 1.29 is 9.63 Å². The molecule has 1 amide bonds. The molecule has 20 heavy (non-hydrogen) atoms. The van der Waals surface area contributed by atoms with Crippen molar-refractivity contribution in [2.75, 3.05) is 5.73 Å². The standard InChI is InChI=1S/C15H16N2O2Se/c16-13-6-8-14(9-7-13)20-11-15(18)17-19-10-12-4-2-1-3-5-12/h1-9H,10-11,16H2,(H,17,18). The predicted octanol–water partition coefficient (Wildman–Crippen LogP) is 1.26. The number of carbonyl (C=O) groups excluding carboxylic acids is 1. The summed E-state index contributed by atoms with van der Waals surface area (Å²) in [6.45, 7) is 0.376. The zero-order valence-electron chi connectivity index (χ0n) is 10.9. The average molecular weight is 335 g/mol. The molecule has 0 saturated heterocycles. The molecule has 2 aromatic carbocycles. The number of hydrogen-bond acceptors (Lipinski definition) is 3. The summed E-state index contributed by atoms with van der Waals surface area (Å²) in [4.78, 5) is 16.8. The Kier molecular flexibility index (Phi) is 5.62. The van der Waals surface area contributed by atoms with Gasteiger partial charge in [-0.25, -0.2) is 0 Å². The quantitative estimate of drug-likeness (QED) is 0.475. The number of hydrogen-bond donors (Lipinski definition) is 2. The van der Waals surface area contributed by atoms with Crippen LogP contribution in [0.4, 0.5) is 5.69 Å². The number of hydroxylamine groups is 1. The van der Waals surface area contributed by atoms with Gasteiger partial charge in [-0.15, -0.1) is 0 Å². The van der Waals surface area contributed by atoms with E-state index >= 15 is 0 Å². The van der Waals surface area contributed by atoms with E-state index in [1.54, 1.807) is 0 Å². The zero-order chi connectivity index (χ0) is 14.2. The first-order chi connectivity index (χ1) is 9.74. The summed E-state index contributed by atoms with van der Waals surface area (Å²) in [6.07, 6.45) is 0. The topological polar surface area (TPSA) is 64.4 Å². The summed E-state index contributed by atoms with van der Waals surface area (Å²) in [5.74, 6) is -0.0993. The Hall–Kier alpha value is -1.81. The van der Waals surface area contributed by atoms with E-state index in [1.165, 1.54) is 0 Å². The number of carbonyl (C=O) groups is 1. The fourth-order valence-corrected chi connectivity index (χ4v) is 2.95. The molecule has 4 nitrogen and oxygen atoms in total. The fraction of sp³-hybridized carbons (Fsp3) is 0.133. The Morgan fingerprint density at radius 1 is 1.10 bits per heavy atom. The van der Waals surface area contributed by atoms with Gasteiger partial charge in [-0.05, 0) is 0 Å². The van der Waals surface area contributed by atoms with Gasteiger partial charge in [-0.3, -0.25) is 0 Å². The zero-order valence-corrected chi connectivity index (χ0v) is 12.6. The molecule has 2 rings (SSSR count). The van der Waals surface area contributed by atoms with Gasteiger partial charge >= 0.3 is 124 Å². The Morgan fingerprint density at radius 3 is 2.50 bits per heavy atom. The number of nitrogens with two attached hydrogens (primary N) is 1. The van der Waals surface area contributed by atoms with Crippen LogP contribution in [0.5, 0.6) is 0 Å². The third-order valence-electron chi connectivity index (χ3n) is 2.52. The minimum atomic E-state index is -0.0993. The van der Waals surface area contributed by atoms with Crippen LogP contribution in [0.15, 0.2) is 54.6 Å². The second kappa shape index (κ2) is 7.70. The Balaban J connectivity index is 1.67. The molecule has 0 aliphatic heterocycles. The second-order valence-corrected chi connectivity index (χ2v) is 6.36. The van der Waals surface area contributed by atoms with E-state index in [9.17, 15) is 4.79 Å². The number of anilines is 1. The van der Waals surface area contributed by atoms with Crippen molar-refractivity contribution in [1.29, 1.82) is 0 Å². The molecule has 0 radical (unpaired) electrons. The molecular weight excluding hydrogens is 319 g/mol. The maximum absolute atomic E-state index is 11.6. The summed E-state index contributed by atoms with van der Waals surface area (Å²) in [6, 6.07) is 17.3. The summed E-state index contributed by atoms with van der Waals surface area (Å²) >= 11 is 0.0912. The summed E-state index contributed by atoms with van der Waals surface area (Å²) in [5, 5.41) is 0.450. The second-order valence-electron chi connectivity index (χ2n) is 4.16. The van der Waals surface area contributed by atoms with Crippen molar-refractivity contribution in [3.63, 3.8) is 0 Å². The fourth-order valence-electron chi connectivity index (χ4n) is 1.52. The van der Waals surface area contributed by atoms with Crippen LogP contribution in [0.3, 0.4) is 0 Å². The molecule has 0 bridgehead atoms. The van der Waals surface area contributed by atoms with Crippen LogP contribution >= 0.6 is 0 Å². The molecule has 0 spiro atoms. The van der Waals surface area contributed by atoms with E-state index < -0.39 is 0 Å². The summed E-state index contributed by atoms with van der Waals surface area (Å²) < 4.78 is 1.14. The van der Waals surface area contributed by atoms with Crippen LogP contribution < -0.4 is 15.7 Å². The van der Waals surface area contributed by atoms with Gasteiger partial charge < -0.3 is 0 Å². The van der Waals surface area contributed by atoms with E-state index in [-0.39, 0.29) is 20.9 Å². The van der Waals surface area contributed by atoms with Crippen LogP contribution in [-0.4, -0.2) is 20.9 Å². The molecule has 5 heteroatoms. The monoisotopic (exact) mass is 336 g/mol. The predicted molar refractivity (Wildman–Crippen MR) is 80.4 cm³/mol. The molecule has 0 atom stereocenters. The van der Waals surface area contributed by atoms with Crippen molar-refractivity contribution in [2.45, 2.75) is 11.9 Å². The van der Waals surface area contributed by atoms with Gasteiger partial charge in [0.25, 0.3) is 0 Å². The molecule has 0 unspecified atom stereocenters. The van der Waals surface area contributed by atoms with E-state index in [0.717, 1.165) is 15.7 Å². The molecule has 2 aromatic rings. The molecule has 0 aromatic heterocycles. The van der Waals surface area contributed by atoms with Crippen LogP contribution in [0, 0.1) is 0 Å². The third-order valence-corrected chi connectivity index (χ3v) is 4.64. The summed E-state index contributed by atoms with van der Waals surface area (Å²) in [7, 11) is 0. The minimum absolute atomic E-state index is 0.0912. The van der Waals surface area contributed by atoms with Crippen molar-refractivity contribution in [2.24, 2.45) is 0 Å². The molecule has 0 saturated carbocycles. The van der Waals surface area contributed by atoms with Gasteiger partial charge in [-0.2, -0.15) is 0 Å². The van der Waals surface area contributed by atoms with E-state index in [4.69, 9.17) is 10.6 Å². The van der Waals surface area contributed by atoms with E-state index in [2.05, 4.69) is 5.48 Å². The average Bonchev–Trinajstić information content (AvgIpc) is 2.48. The van der Waals surface area contributed by atoms with Gasteiger partial charge in [-0.1, -0.05) is 0 Å². The molecule has 0 heterocycles. The Labute approximate surface area is 124 Å².